The van der Waals surface area contributed by atoms with Crippen molar-refractivity contribution in [2.45, 2.75) is 57.0 Å². The van der Waals surface area contributed by atoms with Crippen LogP contribution in [0.2, 0.25) is 0 Å². The number of aromatic nitrogens is 2. The maximum Gasteiger partial charge on any atom is 0.573 e. The van der Waals surface area contributed by atoms with E-state index in [1.54, 1.807) is 17.7 Å². The summed E-state index contributed by atoms with van der Waals surface area (Å²) in [6.07, 6.45) is -1.45. The van der Waals surface area contributed by atoms with E-state index >= 15 is 0 Å². The highest BCUT2D eigenvalue weighted by Gasteiger charge is 2.38. The number of carbonyl (C=O) groups is 1. The lowest BCUT2D eigenvalue weighted by molar-refractivity contribution is -0.274. The molecule has 0 atom stereocenters. The molecule has 3 heterocycles. The Kier molecular flexibility index (Phi) is 5.60. The lowest BCUT2D eigenvalue weighted by Crippen LogP contribution is -2.58. The van der Waals surface area contributed by atoms with Gasteiger partial charge < -0.3 is 14.7 Å². The number of β-amino-alcohol motifs (C(OH)–C–C–N with tert-alkyl or cyclic N) is 1. The quantitative estimate of drug-likeness (QED) is 0.736. The Morgan fingerprint density at radius 2 is 1.85 bits per heavy atom. The fourth-order valence-corrected chi connectivity index (χ4v) is 4.93. The van der Waals surface area contributed by atoms with Crippen LogP contribution in [0.4, 0.5) is 13.2 Å². The molecule has 10 heteroatoms. The number of aliphatic hydroxyl groups is 1. The number of halogens is 3. The summed E-state index contributed by atoms with van der Waals surface area (Å²) in [5, 5.41) is 14.1. The molecule has 1 saturated carbocycles. The van der Waals surface area contributed by atoms with Gasteiger partial charge in [0.15, 0.2) is 0 Å². The van der Waals surface area contributed by atoms with E-state index < -0.39 is 6.36 Å². The molecule has 1 aromatic heterocycles. The van der Waals surface area contributed by atoms with Crippen molar-refractivity contribution in [3.05, 3.63) is 41.2 Å². The maximum atomic E-state index is 13.5. The second kappa shape index (κ2) is 8.32. The van der Waals surface area contributed by atoms with Gasteiger partial charge in [-0.05, 0) is 44.7 Å². The van der Waals surface area contributed by atoms with Crippen molar-refractivity contribution in [3.8, 4) is 11.4 Å². The number of amides is 1. The molecule has 5 rings (SSSR count). The number of aliphatic hydroxyl groups excluding tert-OH is 1. The molecule has 0 bridgehead atoms. The van der Waals surface area contributed by atoms with Crippen molar-refractivity contribution in [2.24, 2.45) is 0 Å². The largest absolute Gasteiger partial charge is 0.573 e. The number of hydrogen-bond donors (Lipinski definition) is 1. The maximum absolute atomic E-state index is 13.5. The summed E-state index contributed by atoms with van der Waals surface area (Å²) in [6.45, 7) is 4.46. The van der Waals surface area contributed by atoms with Crippen LogP contribution < -0.4 is 4.74 Å². The van der Waals surface area contributed by atoms with Gasteiger partial charge in [-0.25, -0.2) is 4.68 Å². The Bertz CT molecular complexity index is 1040. The Labute approximate surface area is 189 Å². The number of alkyl halides is 3. The summed E-state index contributed by atoms with van der Waals surface area (Å²) in [5.41, 5.74) is 2.36. The fraction of sp³-hybridized carbons (Fsp3) is 0.565. The topological polar surface area (TPSA) is 70.8 Å². The molecule has 1 N–H and O–H groups in total. The number of carbonyl (C=O) groups excluding carboxylic acids is 1. The van der Waals surface area contributed by atoms with Crippen LogP contribution in [0.15, 0.2) is 24.3 Å². The van der Waals surface area contributed by atoms with Gasteiger partial charge in [-0.15, -0.1) is 13.2 Å². The highest BCUT2D eigenvalue weighted by atomic mass is 19.4. The highest BCUT2D eigenvalue weighted by Crippen LogP contribution is 2.44. The van der Waals surface area contributed by atoms with Crippen LogP contribution in [0.25, 0.3) is 5.69 Å². The summed E-state index contributed by atoms with van der Waals surface area (Å²) in [5.74, 6) is -0.219. The van der Waals surface area contributed by atoms with Crippen LogP contribution >= 0.6 is 0 Å². The van der Waals surface area contributed by atoms with Gasteiger partial charge in [0, 0.05) is 44.2 Å². The summed E-state index contributed by atoms with van der Waals surface area (Å²) < 4.78 is 43.7. The number of likely N-dealkylation sites (tertiary alicyclic amines) is 2. The molecule has 0 radical (unpaired) electrons. The molecule has 33 heavy (non-hydrogen) atoms. The minimum Gasteiger partial charge on any atom is -0.406 e. The number of nitrogens with zero attached hydrogens (tertiary/aromatic N) is 4. The number of rotatable bonds is 5. The Hall–Kier alpha value is -2.59. The number of aryl methyl sites for hydroxylation is 1. The van der Waals surface area contributed by atoms with E-state index in [0.717, 1.165) is 31.4 Å². The predicted molar refractivity (Wildman–Crippen MR) is 113 cm³/mol. The fourth-order valence-electron chi connectivity index (χ4n) is 4.93. The zero-order valence-electron chi connectivity index (χ0n) is 18.4. The Morgan fingerprint density at radius 3 is 2.45 bits per heavy atom. The van der Waals surface area contributed by atoms with Crippen LogP contribution in [0.1, 0.15) is 53.3 Å². The second-order valence-corrected chi connectivity index (χ2v) is 9.21. The van der Waals surface area contributed by atoms with E-state index in [4.69, 9.17) is 0 Å². The molecule has 2 saturated heterocycles. The van der Waals surface area contributed by atoms with Crippen molar-refractivity contribution in [2.75, 3.05) is 26.2 Å². The number of hydrogen-bond acceptors (Lipinski definition) is 5. The van der Waals surface area contributed by atoms with Crippen LogP contribution in [-0.2, 0) is 0 Å². The number of ether oxygens (including phenoxy) is 1. The predicted octanol–water partition coefficient (Wildman–Crippen LogP) is 3.24. The standard InChI is InChI=1S/C23H27F3N4O3/c1-14-20(22(32)28-9-7-16(8-10-28)29-12-18(31)13-29)21(15-5-6-15)30(27-14)17-3-2-4-19(11-17)33-23(24,25)26/h2-4,11,15-16,18,31H,5-10,12-13H2,1H3. The molecule has 0 unspecified atom stereocenters. The number of benzene rings is 1. The average Bonchev–Trinajstić information content (AvgIpc) is 3.52. The summed E-state index contributed by atoms with van der Waals surface area (Å²) in [7, 11) is 0. The van der Waals surface area contributed by atoms with Gasteiger partial charge in [0.1, 0.15) is 5.75 Å². The molecule has 0 spiro atoms. The molecule has 1 amide bonds. The number of piperidine rings is 1. The van der Waals surface area contributed by atoms with Gasteiger partial charge in [0.25, 0.3) is 5.91 Å². The van der Waals surface area contributed by atoms with E-state index in [1.807, 2.05) is 4.90 Å². The van der Waals surface area contributed by atoms with Gasteiger partial charge in [-0.2, -0.15) is 5.10 Å². The molecule has 7 nitrogen and oxygen atoms in total. The van der Waals surface area contributed by atoms with Crippen molar-refractivity contribution in [3.63, 3.8) is 0 Å². The monoisotopic (exact) mass is 464 g/mol. The van der Waals surface area contributed by atoms with Gasteiger partial charge in [-0.3, -0.25) is 9.69 Å². The average molecular weight is 464 g/mol. The molecule has 2 aromatic rings. The summed E-state index contributed by atoms with van der Waals surface area (Å²) >= 11 is 0. The first-order valence-corrected chi connectivity index (χ1v) is 11.4. The third-order valence-corrected chi connectivity index (χ3v) is 6.73. The van der Waals surface area contributed by atoms with Crippen molar-refractivity contribution in [1.82, 2.24) is 19.6 Å². The first-order chi connectivity index (χ1) is 15.7. The third-order valence-electron chi connectivity index (χ3n) is 6.73. The normalized spacial score (nSPS) is 20.7. The SMILES string of the molecule is Cc1nn(-c2cccc(OC(F)(F)F)c2)c(C2CC2)c1C(=O)N1CCC(N2CC(O)C2)CC1. The van der Waals surface area contributed by atoms with Crippen LogP contribution in [0.5, 0.6) is 5.75 Å². The first kappa shape index (κ1) is 22.2. The van der Waals surface area contributed by atoms with Gasteiger partial charge in [-0.1, -0.05) is 6.07 Å². The lowest BCUT2D eigenvalue weighted by Gasteiger charge is -2.45. The molecular weight excluding hydrogens is 437 g/mol. The smallest absolute Gasteiger partial charge is 0.406 e. The van der Waals surface area contributed by atoms with E-state index in [1.165, 1.54) is 18.2 Å². The third kappa shape index (κ3) is 4.59. The molecular formula is C23H27F3N4O3. The van der Waals surface area contributed by atoms with Gasteiger partial charge in [0.05, 0.1) is 28.7 Å². The minimum absolute atomic E-state index is 0.0644. The molecule has 1 aliphatic carbocycles. The summed E-state index contributed by atoms with van der Waals surface area (Å²) in [4.78, 5) is 17.7. The van der Waals surface area contributed by atoms with Crippen LogP contribution in [-0.4, -0.2) is 75.3 Å². The zero-order valence-corrected chi connectivity index (χ0v) is 18.4. The zero-order chi connectivity index (χ0) is 23.3. The van der Waals surface area contributed by atoms with E-state index in [-0.39, 0.29) is 23.7 Å². The van der Waals surface area contributed by atoms with Crippen LogP contribution in [0.3, 0.4) is 0 Å². The van der Waals surface area contributed by atoms with E-state index in [2.05, 4.69) is 14.7 Å². The van der Waals surface area contributed by atoms with E-state index in [0.29, 0.717) is 49.2 Å². The molecule has 2 aliphatic heterocycles. The summed E-state index contributed by atoms with van der Waals surface area (Å²) in [6, 6.07) is 6.09. The molecule has 1 aromatic carbocycles. The van der Waals surface area contributed by atoms with Gasteiger partial charge in [0.2, 0.25) is 0 Å². The van der Waals surface area contributed by atoms with E-state index in [9.17, 15) is 23.1 Å². The Balaban J connectivity index is 1.38. The second-order valence-electron chi connectivity index (χ2n) is 9.21. The van der Waals surface area contributed by atoms with Crippen molar-refractivity contribution >= 4 is 5.91 Å². The lowest BCUT2D eigenvalue weighted by atomic mass is 9.97. The van der Waals surface area contributed by atoms with Crippen LogP contribution in [0, 0.1) is 6.92 Å². The minimum atomic E-state index is -4.78. The Morgan fingerprint density at radius 1 is 1.15 bits per heavy atom. The van der Waals surface area contributed by atoms with Crippen molar-refractivity contribution in [1.29, 1.82) is 0 Å². The molecule has 3 fully saturated rings. The first-order valence-electron chi connectivity index (χ1n) is 11.4. The van der Waals surface area contributed by atoms with Crippen molar-refractivity contribution < 1.29 is 27.8 Å². The highest BCUT2D eigenvalue weighted by molar-refractivity contribution is 5.97. The van der Waals surface area contributed by atoms with Gasteiger partial charge >= 0.3 is 6.36 Å². The molecule has 3 aliphatic rings. The molecule has 178 valence electrons.